The van der Waals surface area contributed by atoms with Gasteiger partial charge in [-0.15, -0.1) is 0 Å². The van der Waals surface area contributed by atoms with Gasteiger partial charge in [-0.3, -0.25) is 9.69 Å². The first-order valence-corrected chi connectivity index (χ1v) is 9.32. The van der Waals surface area contributed by atoms with Crippen LogP contribution in [0.15, 0.2) is 18.3 Å². The summed E-state index contributed by atoms with van der Waals surface area (Å²) in [4.78, 5) is 21.8. The monoisotopic (exact) mass is 330 g/mol. The Balaban J connectivity index is 1.59. The zero-order valence-electron chi connectivity index (χ0n) is 15.2. The van der Waals surface area contributed by atoms with E-state index in [9.17, 15) is 4.79 Å². The van der Waals surface area contributed by atoms with Crippen LogP contribution >= 0.6 is 0 Å². The summed E-state index contributed by atoms with van der Waals surface area (Å²) in [7, 11) is 0. The van der Waals surface area contributed by atoms with E-state index in [1.165, 1.54) is 12.8 Å². The van der Waals surface area contributed by atoms with E-state index in [-0.39, 0.29) is 11.9 Å². The predicted molar refractivity (Wildman–Crippen MR) is 97.5 cm³/mol. The molecule has 0 radical (unpaired) electrons. The van der Waals surface area contributed by atoms with Gasteiger partial charge < -0.3 is 10.2 Å². The smallest absolute Gasteiger partial charge is 0.253 e. The SMILES string of the molecule is CC(C)N1CCC[C@H](NC(=O)c2ccc(N3CCCC3C)nc2)C1. The normalized spacial score (nSPS) is 25.2. The van der Waals surface area contributed by atoms with Crippen molar-refractivity contribution in [1.29, 1.82) is 0 Å². The molecule has 1 N–H and O–H groups in total. The summed E-state index contributed by atoms with van der Waals surface area (Å²) in [5.41, 5.74) is 0.660. The van der Waals surface area contributed by atoms with Crippen LogP contribution in [0.3, 0.4) is 0 Å². The van der Waals surface area contributed by atoms with E-state index in [0.717, 1.165) is 38.3 Å². The number of likely N-dealkylation sites (tertiary alicyclic amines) is 1. The Labute approximate surface area is 145 Å². The highest BCUT2D eigenvalue weighted by molar-refractivity contribution is 5.94. The fourth-order valence-corrected chi connectivity index (χ4v) is 3.83. The third kappa shape index (κ3) is 3.89. The Hall–Kier alpha value is -1.62. The van der Waals surface area contributed by atoms with Crippen molar-refractivity contribution in [3.63, 3.8) is 0 Å². The van der Waals surface area contributed by atoms with Crippen LogP contribution in [0.4, 0.5) is 5.82 Å². The van der Waals surface area contributed by atoms with E-state index in [1.807, 2.05) is 12.1 Å². The number of piperidine rings is 1. The molecule has 2 aliphatic heterocycles. The van der Waals surface area contributed by atoms with E-state index in [4.69, 9.17) is 0 Å². The number of hydrogen-bond donors (Lipinski definition) is 1. The van der Waals surface area contributed by atoms with Gasteiger partial charge in [0.25, 0.3) is 5.91 Å². The molecular weight excluding hydrogens is 300 g/mol. The minimum atomic E-state index is -0.000809. The lowest BCUT2D eigenvalue weighted by Crippen LogP contribution is -2.49. The number of rotatable bonds is 4. The number of aromatic nitrogens is 1. The number of carbonyl (C=O) groups is 1. The first-order valence-electron chi connectivity index (χ1n) is 9.32. The average molecular weight is 330 g/mol. The van der Waals surface area contributed by atoms with Crippen LogP contribution in [0.1, 0.15) is 56.8 Å². The third-order valence-electron chi connectivity index (χ3n) is 5.38. The van der Waals surface area contributed by atoms with E-state index < -0.39 is 0 Å². The van der Waals surface area contributed by atoms with Gasteiger partial charge in [-0.25, -0.2) is 4.98 Å². The van der Waals surface area contributed by atoms with Gasteiger partial charge >= 0.3 is 0 Å². The first kappa shape index (κ1) is 17.2. The van der Waals surface area contributed by atoms with Crippen LogP contribution in [0.2, 0.25) is 0 Å². The fourth-order valence-electron chi connectivity index (χ4n) is 3.83. The third-order valence-corrected chi connectivity index (χ3v) is 5.38. The topological polar surface area (TPSA) is 48.5 Å². The van der Waals surface area contributed by atoms with Crippen LogP contribution in [-0.2, 0) is 0 Å². The van der Waals surface area contributed by atoms with Crippen molar-refractivity contribution in [2.45, 2.75) is 64.6 Å². The number of amides is 1. The van der Waals surface area contributed by atoms with Crippen molar-refractivity contribution in [2.24, 2.45) is 0 Å². The molecule has 2 aliphatic rings. The molecule has 132 valence electrons. The molecule has 1 aromatic rings. The zero-order chi connectivity index (χ0) is 17.1. The number of nitrogens with zero attached hydrogens (tertiary/aromatic N) is 3. The van der Waals surface area contributed by atoms with Crippen LogP contribution in [0, 0.1) is 0 Å². The molecule has 3 heterocycles. The molecule has 0 aliphatic carbocycles. The molecule has 5 nitrogen and oxygen atoms in total. The molecule has 1 aromatic heterocycles. The van der Waals surface area contributed by atoms with Crippen molar-refractivity contribution >= 4 is 11.7 Å². The Kier molecular flexibility index (Phi) is 5.39. The van der Waals surface area contributed by atoms with Gasteiger partial charge in [0, 0.05) is 37.4 Å². The zero-order valence-corrected chi connectivity index (χ0v) is 15.2. The lowest BCUT2D eigenvalue weighted by molar-refractivity contribution is 0.0886. The molecule has 0 aromatic carbocycles. The number of hydrogen-bond acceptors (Lipinski definition) is 4. The molecule has 1 amide bonds. The van der Waals surface area contributed by atoms with Gasteiger partial charge in [0.1, 0.15) is 5.82 Å². The fraction of sp³-hybridized carbons (Fsp3) is 0.684. The number of nitrogens with one attached hydrogen (secondary N) is 1. The summed E-state index contributed by atoms with van der Waals surface area (Å²) in [5.74, 6) is 0.985. The lowest BCUT2D eigenvalue weighted by atomic mass is 10.0. The average Bonchev–Trinajstić information content (AvgIpc) is 3.01. The summed E-state index contributed by atoms with van der Waals surface area (Å²) >= 11 is 0. The van der Waals surface area contributed by atoms with Gasteiger partial charge in [0.15, 0.2) is 0 Å². The second-order valence-electron chi connectivity index (χ2n) is 7.49. The molecule has 2 saturated heterocycles. The van der Waals surface area contributed by atoms with Gasteiger partial charge in [0.2, 0.25) is 0 Å². The number of carbonyl (C=O) groups excluding carboxylic acids is 1. The second-order valence-corrected chi connectivity index (χ2v) is 7.49. The van der Waals surface area contributed by atoms with E-state index >= 15 is 0 Å². The van der Waals surface area contributed by atoms with Crippen LogP contribution in [0.25, 0.3) is 0 Å². The number of anilines is 1. The summed E-state index contributed by atoms with van der Waals surface area (Å²) in [6.45, 7) is 9.80. The van der Waals surface area contributed by atoms with Gasteiger partial charge in [-0.2, -0.15) is 0 Å². The van der Waals surface area contributed by atoms with Crippen molar-refractivity contribution in [2.75, 3.05) is 24.5 Å². The van der Waals surface area contributed by atoms with Crippen LogP contribution < -0.4 is 10.2 Å². The maximum Gasteiger partial charge on any atom is 0.253 e. The highest BCUT2D eigenvalue weighted by atomic mass is 16.1. The van der Waals surface area contributed by atoms with E-state index in [1.54, 1.807) is 6.20 Å². The predicted octanol–water partition coefficient (Wildman–Crippen LogP) is 2.67. The van der Waals surface area contributed by atoms with Crippen molar-refractivity contribution in [3.8, 4) is 0 Å². The summed E-state index contributed by atoms with van der Waals surface area (Å²) in [6.07, 6.45) is 6.37. The Morgan fingerprint density at radius 2 is 2.04 bits per heavy atom. The molecule has 2 fully saturated rings. The molecule has 0 saturated carbocycles. The van der Waals surface area contributed by atoms with E-state index in [2.05, 4.69) is 40.9 Å². The van der Waals surface area contributed by atoms with Crippen molar-refractivity contribution in [3.05, 3.63) is 23.9 Å². The Morgan fingerprint density at radius 3 is 2.67 bits per heavy atom. The quantitative estimate of drug-likeness (QED) is 0.922. The van der Waals surface area contributed by atoms with Crippen molar-refractivity contribution < 1.29 is 4.79 Å². The largest absolute Gasteiger partial charge is 0.354 e. The molecule has 24 heavy (non-hydrogen) atoms. The molecule has 5 heteroatoms. The summed E-state index contributed by atoms with van der Waals surface area (Å²) in [5, 5.41) is 3.18. The van der Waals surface area contributed by atoms with Crippen LogP contribution in [0.5, 0.6) is 0 Å². The van der Waals surface area contributed by atoms with Gasteiger partial charge in [0.05, 0.1) is 5.56 Å². The Morgan fingerprint density at radius 1 is 1.25 bits per heavy atom. The molecular formula is C19H30N4O. The standard InChI is InChI=1S/C19H30N4O/c1-14(2)22-10-5-7-17(13-22)21-19(24)16-8-9-18(20-12-16)23-11-4-6-15(23)3/h8-9,12,14-15,17H,4-7,10-11,13H2,1-3H3,(H,21,24)/t15?,17-/m0/s1. The van der Waals surface area contributed by atoms with Gasteiger partial charge in [-0.05, 0) is 65.1 Å². The molecule has 0 spiro atoms. The second kappa shape index (κ2) is 7.51. The highest BCUT2D eigenvalue weighted by Gasteiger charge is 2.24. The maximum absolute atomic E-state index is 12.5. The molecule has 3 rings (SSSR count). The summed E-state index contributed by atoms with van der Waals surface area (Å²) in [6, 6.07) is 5.21. The lowest BCUT2D eigenvalue weighted by Gasteiger charge is -2.35. The molecule has 2 atom stereocenters. The molecule has 1 unspecified atom stereocenters. The van der Waals surface area contributed by atoms with Crippen molar-refractivity contribution in [1.82, 2.24) is 15.2 Å². The van der Waals surface area contributed by atoms with Crippen LogP contribution in [-0.4, -0.2) is 53.6 Å². The highest BCUT2D eigenvalue weighted by Crippen LogP contribution is 2.23. The minimum absolute atomic E-state index is 0.000809. The maximum atomic E-state index is 12.5. The first-order chi connectivity index (χ1) is 11.5. The molecule has 0 bridgehead atoms. The number of pyridine rings is 1. The minimum Gasteiger partial charge on any atom is -0.354 e. The van der Waals surface area contributed by atoms with Gasteiger partial charge in [-0.1, -0.05) is 0 Å². The summed E-state index contributed by atoms with van der Waals surface area (Å²) < 4.78 is 0. The van der Waals surface area contributed by atoms with E-state index in [0.29, 0.717) is 17.6 Å². The Bertz CT molecular complexity index is 557.